The second-order valence-corrected chi connectivity index (χ2v) is 5.31. The molecule has 2 rings (SSSR count). The van der Waals surface area contributed by atoms with Crippen LogP contribution in [0.1, 0.15) is 23.9 Å². The normalized spacial score (nSPS) is 22.9. The van der Waals surface area contributed by atoms with Crippen LogP contribution in [0.2, 0.25) is 0 Å². The van der Waals surface area contributed by atoms with Crippen molar-refractivity contribution in [1.82, 2.24) is 4.98 Å². The summed E-state index contributed by atoms with van der Waals surface area (Å²) >= 11 is 0. The van der Waals surface area contributed by atoms with E-state index in [9.17, 15) is 5.11 Å². The molecule has 2 atom stereocenters. The standard InChI is InChI=1S/C14H22N4O2/c1-8-4-12(13(14(15)16)10(3)17-8)18-5-9(2)20-11(6-18)7-19/h4,9,11,19H,5-7H2,1-3H3,(H3,15,16). The number of hydrogen-bond donors (Lipinski definition) is 3. The fourth-order valence-corrected chi connectivity index (χ4v) is 2.73. The number of aliphatic hydroxyl groups is 1. The summed E-state index contributed by atoms with van der Waals surface area (Å²) in [6, 6.07) is 1.94. The lowest BCUT2D eigenvalue weighted by molar-refractivity contribution is -0.0421. The number of aryl methyl sites for hydroxylation is 2. The van der Waals surface area contributed by atoms with Crippen LogP contribution >= 0.6 is 0 Å². The molecule has 0 saturated carbocycles. The molecule has 6 nitrogen and oxygen atoms in total. The van der Waals surface area contributed by atoms with Gasteiger partial charge in [-0.2, -0.15) is 0 Å². The van der Waals surface area contributed by atoms with Crippen LogP contribution in [-0.2, 0) is 4.74 Å². The SMILES string of the molecule is Cc1cc(N2CC(C)OC(CO)C2)c(C(=N)N)c(C)n1. The molecule has 4 N–H and O–H groups in total. The molecule has 0 aliphatic carbocycles. The molecule has 1 saturated heterocycles. The first kappa shape index (κ1) is 14.7. The molecule has 0 radical (unpaired) electrons. The van der Waals surface area contributed by atoms with E-state index in [0.29, 0.717) is 18.7 Å². The molecule has 1 aliphatic heterocycles. The maximum Gasteiger partial charge on any atom is 0.126 e. The van der Waals surface area contributed by atoms with Gasteiger partial charge < -0.3 is 20.5 Å². The van der Waals surface area contributed by atoms with E-state index >= 15 is 0 Å². The van der Waals surface area contributed by atoms with Crippen LogP contribution in [0, 0.1) is 19.3 Å². The molecular formula is C14H22N4O2. The maximum atomic E-state index is 9.33. The number of nitrogens with two attached hydrogens (primary N) is 1. The van der Waals surface area contributed by atoms with Gasteiger partial charge in [-0.3, -0.25) is 10.4 Å². The lowest BCUT2D eigenvalue weighted by Crippen LogP contribution is -2.48. The van der Waals surface area contributed by atoms with Gasteiger partial charge in [-0.25, -0.2) is 0 Å². The number of aromatic nitrogens is 1. The van der Waals surface area contributed by atoms with Gasteiger partial charge in [0.1, 0.15) is 5.84 Å². The second-order valence-electron chi connectivity index (χ2n) is 5.31. The molecule has 0 spiro atoms. The van der Waals surface area contributed by atoms with E-state index < -0.39 is 0 Å². The highest BCUT2D eigenvalue weighted by atomic mass is 16.5. The van der Waals surface area contributed by atoms with Crippen molar-refractivity contribution in [3.05, 3.63) is 23.0 Å². The number of rotatable bonds is 3. The zero-order chi connectivity index (χ0) is 14.9. The topological polar surface area (TPSA) is 95.5 Å². The molecule has 1 aliphatic rings. The monoisotopic (exact) mass is 278 g/mol. The number of amidine groups is 1. The first-order valence-corrected chi connectivity index (χ1v) is 6.76. The Morgan fingerprint density at radius 3 is 2.85 bits per heavy atom. The van der Waals surface area contributed by atoms with E-state index in [4.69, 9.17) is 15.9 Å². The molecule has 0 bridgehead atoms. The summed E-state index contributed by atoms with van der Waals surface area (Å²) in [5, 5.41) is 17.1. The predicted octanol–water partition coefficient (Wildman–Crippen LogP) is 0.569. The number of morpholine rings is 1. The van der Waals surface area contributed by atoms with Gasteiger partial charge >= 0.3 is 0 Å². The average Bonchev–Trinajstić information content (AvgIpc) is 2.36. The van der Waals surface area contributed by atoms with E-state index in [1.807, 2.05) is 26.8 Å². The van der Waals surface area contributed by atoms with Crippen molar-refractivity contribution in [2.45, 2.75) is 33.0 Å². The number of nitrogens with zero attached hydrogens (tertiary/aromatic N) is 2. The van der Waals surface area contributed by atoms with Gasteiger partial charge in [0, 0.05) is 18.8 Å². The third kappa shape index (κ3) is 2.91. The van der Waals surface area contributed by atoms with Crippen LogP contribution in [-0.4, -0.2) is 47.8 Å². The van der Waals surface area contributed by atoms with Crippen molar-refractivity contribution in [1.29, 1.82) is 5.41 Å². The fraction of sp³-hybridized carbons (Fsp3) is 0.571. The molecule has 1 aromatic heterocycles. The van der Waals surface area contributed by atoms with Crippen molar-refractivity contribution in [3.63, 3.8) is 0 Å². The number of ether oxygens (including phenoxy) is 1. The summed E-state index contributed by atoms with van der Waals surface area (Å²) < 4.78 is 5.66. The van der Waals surface area contributed by atoms with Crippen LogP contribution in [0.4, 0.5) is 5.69 Å². The third-order valence-corrected chi connectivity index (χ3v) is 3.45. The van der Waals surface area contributed by atoms with Crippen LogP contribution in [0.15, 0.2) is 6.07 Å². The van der Waals surface area contributed by atoms with Crippen LogP contribution in [0.25, 0.3) is 0 Å². The van der Waals surface area contributed by atoms with Gasteiger partial charge in [0.05, 0.1) is 35.8 Å². The summed E-state index contributed by atoms with van der Waals surface area (Å²) in [6.07, 6.45) is -0.193. The summed E-state index contributed by atoms with van der Waals surface area (Å²) in [6.45, 7) is 7.04. The molecule has 6 heteroatoms. The van der Waals surface area contributed by atoms with Crippen LogP contribution in [0.5, 0.6) is 0 Å². The Hall–Kier alpha value is -1.66. The Morgan fingerprint density at radius 2 is 2.25 bits per heavy atom. The smallest absolute Gasteiger partial charge is 0.126 e. The quantitative estimate of drug-likeness (QED) is 0.555. The minimum Gasteiger partial charge on any atom is -0.394 e. The minimum atomic E-state index is -0.215. The van der Waals surface area contributed by atoms with E-state index in [-0.39, 0.29) is 24.7 Å². The molecule has 0 aromatic carbocycles. The first-order chi connectivity index (χ1) is 9.42. The Balaban J connectivity index is 2.43. The molecule has 0 amide bonds. The summed E-state index contributed by atoms with van der Waals surface area (Å²) in [5.41, 5.74) is 8.92. The zero-order valence-electron chi connectivity index (χ0n) is 12.2. The molecule has 2 unspecified atom stereocenters. The van der Waals surface area contributed by atoms with Gasteiger partial charge in [0.15, 0.2) is 0 Å². The molecule has 1 fully saturated rings. The number of pyridine rings is 1. The van der Waals surface area contributed by atoms with E-state index in [0.717, 1.165) is 17.1 Å². The molecular weight excluding hydrogens is 256 g/mol. The molecule has 1 aromatic rings. The lowest BCUT2D eigenvalue weighted by atomic mass is 10.1. The van der Waals surface area contributed by atoms with Crippen molar-refractivity contribution in [2.24, 2.45) is 5.73 Å². The fourth-order valence-electron chi connectivity index (χ4n) is 2.73. The van der Waals surface area contributed by atoms with E-state index in [1.165, 1.54) is 0 Å². The van der Waals surface area contributed by atoms with Crippen molar-refractivity contribution in [3.8, 4) is 0 Å². The molecule has 20 heavy (non-hydrogen) atoms. The number of anilines is 1. The zero-order valence-corrected chi connectivity index (χ0v) is 12.2. The molecule has 2 heterocycles. The molecule has 110 valence electrons. The summed E-state index contributed by atoms with van der Waals surface area (Å²) in [7, 11) is 0. The summed E-state index contributed by atoms with van der Waals surface area (Å²) in [5.74, 6) is 0.0182. The Labute approximate surface area is 119 Å². The lowest BCUT2D eigenvalue weighted by Gasteiger charge is -2.38. The van der Waals surface area contributed by atoms with Gasteiger partial charge in [-0.1, -0.05) is 0 Å². The van der Waals surface area contributed by atoms with Crippen LogP contribution < -0.4 is 10.6 Å². The average molecular weight is 278 g/mol. The third-order valence-electron chi connectivity index (χ3n) is 3.45. The largest absolute Gasteiger partial charge is 0.394 e. The van der Waals surface area contributed by atoms with Gasteiger partial charge in [0.2, 0.25) is 0 Å². The van der Waals surface area contributed by atoms with E-state index in [2.05, 4.69) is 9.88 Å². The Morgan fingerprint density at radius 1 is 1.55 bits per heavy atom. The number of nitrogens with one attached hydrogen (secondary N) is 1. The highest BCUT2D eigenvalue weighted by Gasteiger charge is 2.27. The maximum absolute atomic E-state index is 9.33. The minimum absolute atomic E-state index is 0.0146. The van der Waals surface area contributed by atoms with Crippen molar-refractivity contribution in [2.75, 3.05) is 24.6 Å². The number of nitrogen functional groups attached to an aromatic ring is 1. The summed E-state index contributed by atoms with van der Waals surface area (Å²) in [4.78, 5) is 6.50. The second kappa shape index (κ2) is 5.76. The number of hydrogen-bond acceptors (Lipinski definition) is 5. The predicted molar refractivity (Wildman–Crippen MR) is 78.4 cm³/mol. The van der Waals surface area contributed by atoms with Gasteiger partial charge in [0.25, 0.3) is 0 Å². The van der Waals surface area contributed by atoms with Gasteiger partial charge in [-0.15, -0.1) is 0 Å². The highest BCUT2D eigenvalue weighted by molar-refractivity contribution is 6.01. The first-order valence-electron chi connectivity index (χ1n) is 6.76. The van der Waals surface area contributed by atoms with Crippen LogP contribution in [0.3, 0.4) is 0 Å². The highest BCUT2D eigenvalue weighted by Crippen LogP contribution is 2.26. The van der Waals surface area contributed by atoms with E-state index in [1.54, 1.807) is 0 Å². The Kier molecular flexibility index (Phi) is 4.25. The van der Waals surface area contributed by atoms with Crippen molar-refractivity contribution >= 4 is 11.5 Å². The Bertz CT molecular complexity index is 518. The van der Waals surface area contributed by atoms with Crippen molar-refractivity contribution < 1.29 is 9.84 Å². The number of aliphatic hydroxyl groups excluding tert-OH is 1. The van der Waals surface area contributed by atoms with Gasteiger partial charge in [-0.05, 0) is 26.8 Å².